The van der Waals surface area contributed by atoms with Gasteiger partial charge in [0, 0.05) is 31.3 Å². The summed E-state index contributed by atoms with van der Waals surface area (Å²) in [7, 11) is -3.80. The van der Waals surface area contributed by atoms with Crippen LogP contribution >= 0.6 is 0 Å². The minimum Gasteiger partial charge on any atom is -0.355 e. The molecule has 1 aromatic heterocycles. The van der Waals surface area contributed by atoms with Gasteiger partial charge in [0.1, 0.15) is 5.82 Å². The van der Waals surface area contributed by atoms with E-state index in [1.807, 2.05) is 0 Å². The second-order valence-electron chi connectivity index (χ2n) is 9.51. The van der Waals surface area contributed by atoms with Crippen LogP contribution in [0.5, 0.6) is 0 Å². The van der Waals surface area contributed by atoms with Crippen molar-refractivity contribution in [1.29, 1.82) is 0 Å². The molecular weight excluding hydrogens is 448 g/mol. The smallest absolute Gasteiger partial charge is 0.238 e. The van der Waals surface area contributed by atoms with Crippen LogP contribution in [0.4, 0.5) is 0 Å². The van der Waals surface area contributed by atoms with Gasteiger partial charge in [-0.3, -0.25) is 4.79 Å². The van der Waals surface area contributed by atoms with Crippen molar-refractivity contribution in [2.24, 2.45) is 5.14 Å². The summed E-state index contributed by atoms with van der Waals surface area (Å²) in [6.45, 7) is 5.59. The minimum absolute atomic E-state index is 0.0132. The average Bonchev–Trinajstić information content (AvgIpc) is 3.41. The van der Waals surface area contributed by atoms with Gasteiger partial charge in [0.15, 0.2) is 0 Å². The number of hydrogen-bond donors (Lipinski definition) is 2. The molecule has 7 nitrogen and oxygen atoms in total. The van der Waals surface area contributed by atoms with E-state index in [2.05, 4.69) is 53.0 Å². The van der Waals surface area contributed by atoms with E-state index in [4.69, 9.17) is 5.14 Å². The maximum Gasteiger partial charge on any atom is 0.238 e. The van der Waals surface area contributed by atoms with E-state index in [1.165, 1.54) is 36.1 Å². The first-order valence-electron chi connectivity index (χ1n) is 12.1. The van der Waals surface area contributed by atoms with E-state index in [-0.39, 0.29) is 16.2 Å². The molecule has 0 radical (unpaired) electrons. The quantitative estimate of drug-likeness (QED) is 0.481. The first kappa shape index (κ1) is 24.4. The zero-order chi connectivity index (χ0) is 24.3. The molecule has 182 valence electrons. The van der Waals surface area contributed by atoms with Crippen LogP contribution in [0.2, 0.25) is 0 Å². The number of carbonyl (C=O) groups is 1. The Hall–Kier alpha value is -2.71. The van der Waals surface area contributed by atoms with Crippen molar-refractivity contribution in [3.05, 3.63) is 59.4 Å². The highest BCUT2D eigenvalue weighted by Crippen LogP contribution is 2.40. The largest absolute Gasteiger partial charge is 0.355 e. The maximum absolute atomic E-state index is 12.8. The van der Waals surface area contributed by atoms with Gasteiger partial charge in [0.05, 0.1) is 15.9 Å². The third-order valence-corrected chi connectivity index (χ3v) is 7.88. The van der Waals surface area contributed by atoms with Gasteiger partial charge < -0.3 is 9.88 Å². The molecule has 1 aliphatic carbocycles. The van der Waals surface area contributed by atoms with Crippen LogP contribution < -0.4 is 10.5 Å². The molecule has 1 saturated carbocycles. The summed E-state index contributed by atoms with van der Waals surface area (Å²) in [5, 5.41) is 8.48. The molecule has 0 bridgehead atoms. The topological polar surface area (TPSA) is 107 Å². The van der Waals surface area contributed by atoms with Crippen molar-refractivity contribution in [1.82, 2.24) is 14.9 Å². The van der Waals surface area contributed by atoms with E-state index in [9.17, 15) is 13.2 Å². The number of rotatable bonds is 9. The molecule has 0 spiro atoms. The lowest BCUT2D eigenvalue weighted by molar-refractivity contribution is -0.121. The molecule has 2 aromatic carbocycles. The van der Waals surface area contributed by atoms with Gasteiger partial charge in [-0.1, -0.05) is 49.6 Å². The van der Waals surface area contributed by atoms with Crippen molar-refractivity contribution in [2.75, 3.05) is 6.54 Å². The Bertz CT molecular complexity index is 1290. The lowest BCUT2D eigenvalue weighted by Gasteiger charge is -2.30. The van der Waals surface area contributed by atoms with Gasteiger partial charge in [0.25, 0.3) is 0 Å². The van der Waals surface area contributed by atoms with Crippen LogP contribution in [0.1, 0.15) is 62.4 Å². The molecule has 1 aliphatic rings. The molecule has 0 saturated heterocycles. The highest BCUT2D eigenvalue weighted by molar-refractivity contribution is 7.89. The highest BCUT2D eigenvalue weighted by Gasteiger charge is 2.35. The fourth-order valence-electron chi connectivity index (χ4n) is 5.18. The summed E-state index contributed by atoms with van der Waals surface area (Å²) in [5.41, 5.74) is 4.02. The number of benzene rings is 2. The first-order valence-corrected chi connectivity index (χ1v) is 13.6. The summed E-state index contributed by atoms with van der Waals surface area (Å²) >= 11 is 0. The Morgan fingerprint density at radius 1 is 1.18 bits per heavy atom. The van der Waals surface area contributed by atoms with E-state index in [0.29, 0.717) is 24.9 Å². The van der Waals surface area contributed by atoms with Crippen LogP contribution in [0.3, 0.4) is 0 Å². The summed E-state index contributed by atoms with van der Waals surface area (Å²) in [5.74, 6) is 0.798. The summed E-state index contributed by atoms with van der Waals surface area (Å²) in [6, 6.07) is 13.4. The third-order valence-electron chi connectivity index (χ3n) is 6.97. The number of amides is 1. The maximum atomic E-state index is 12.8. The standard InChI is InChI=1S/C26H34N4O3S/c1-3-15-30-23-10-9-21(34(27,32)33)17-22(23)29-24(30)11-12-25(31)28-18-26(13-4-5-14-26)20-8-6-7-19(2)16-20/h6-10,16-17H,3-5,11-15,18H2,1-2H3,(H,28,31)(H2,27,32,33). The number of nitrogens with one attached hydrogen (secondary N) is 1. The van der Waals surface area contributed by atoms with Crippen LogP contribution in [0.15, 0.2) is 47.4 Å². The number of hydrogen-bond acceptors (Lipinski definition) is 4. The molecule has 8 heteroatoms. The van der Waals surface area contributed by atoms with Crippen LogP contribution in [0, 0.1) is 6.92 Å². The van der Waals surface area contributed by atoms with Crippen molar-refractivity contribution in [3.8, 4) is 0 Å². The van der Waals surface area contributed by atoms with Crippen molar-refractivity contribution in [3.63, 3.8) is 0 Å². The van der Waals surface area contributed by atoms with Gasteiger partial charge in [-0.15, -0.1) is 0 Å². The highest BCUT2D eigenvalue weighted by atomic mass is 32.2. The van der Waals surface area contributed by atoms with Gasteiger partial charge in [0.2, 0.25) is 15.9 Å². The number of carbonyl (C=O) groups excluding carboxylic acids is 1. The fraction of sp³-hybridized carbons (Fsp3) is 0.462. The van der Waals surface area contributed by atoms with Gasteiger partial charge in [-0.05, 0) is 49.9 Å². The van der Waals surface area contributed by atoms with E-state index in [1.54, 1.807) is 6.07 Å². The summed E-state index contributed by atoms with van der Waals surface area (Å²) in [6.07, 6.45) is 6.28. The van der Waals surface area contributed by atoms with Crippen molar-refractivity contribution in [2.45, 2.75) is 75.6 Å². The molecule has 1 heterocycles. The van der Waals surface area contributed by atoms with E-state index in [0.717, 1.165) is 37.1 Å². The zero-order valence-corrected chi connectivity index (χ0v) is 20.8. The Balaban J connectivity index is 1.47. The molecular formula is C26H34N4O3S. The molecule has 0 atom stereocenters. The minimum atomic E-state index is -3.80. The van der Waals surface area contributed by atoms with Crippen molar-refractivity contribution >= 4 is 27.0 Å². The van der Waals surface area contributed by atoms with Gasteiger partial charge >= 0.3 is 0 Å². The lowest BCUT2D eigenvalue weighted by Crippen LogP contribution is -2.39. The summed E-state index contributed by atoms with van der Waals surface area (Å²) < 4.78 is 25.5. The normalized spacial score (nSPS) is 15.6. The third kappa shape index (κ3) is 5.18. The Morgan fingerprint density at radius 2 is 1.94 bits per heavy atom. The molecule has 0 aliphatic heterocycles. The number of nitrogens with zero attached hydrogens (tertiary/aromatic N) is 2. The predicted molar refractivity (Wildman–Crippen MR) is 134 cm³/mol. The van der Waals surface area contributed by atoms with Crippen LogP contribution in [0.25, 0.3) is 11.0 Å². The van der Waals surface area contributed by atoms with Crippen LogP contribution in [-0.4, -0.2) is 30.4 Å². The number of primary sulfonamides is 1. The summed E-state index contributed by atoms with van der Waals surface area (Å²) in [4.78, 5) is 17.5. The molecule has 4 rings (SSSR count). The zero-order valence-electron chi connectivity index (χ0n) is 20.0. The van der Waals surface area contributed by atoms with Gasteiger partial charge in [-0.25, -0.2) is 18.5 Å². The Kier molecular flexibility index (Phi) is 7.09. The molecule has 0 unspecified atom stereocenters. The van der Waals surface area contributed by atoms with E-state index < -0.39 is 10.0 Å². The molecule has 1 amide bonds. The Labute approximate surface area is 201 Å². The molecule has 1 fully saturated rings. The second kappa shape index (κ2) is 9.88. The molecule has 3 aromatic rings. The van der Waals surface area contributed by atoms with Gasteiger partial charge in [-0.2, -0.15) is 0 Å². The van der Waals surface area contributed by atoms with E-state index >= 15 is 0 Å². The SMILES string of the molecule is CCCn1c(CCC(=O)NCC2(c3cccc(C)c3)CCCC2)nc2cc(S(N)(=O)=O)ccc21. The number of aryl methyl sites for hydroxylation is 3. The predicted octanol–water partition coefficient (Wildman–Crippen LogP) is 3.96. The molecule has 34 heavy (non-hydrogen) atoms. The van der Waals surface area contributed by atoms with Crippen LogP contribution in [-0.2, 0) is 33.2 Å². The fourth-order valence-corrected chi connectivity index (χ4v) is 5.71. The number of sulfonamides is 1. The monoisotopic (exact) mass is 482 g/mol. The second-order valence-corrected chi connectivity index (χ2v) is 11.1. The molecule has 3 N–H and O–H groups in total. The first-order chi connectivity index (χ1) is 16.2. The lowest BCUT2D eigenvalue weighted by atomic mass is 9.78. The van der Waals surface area contributed by atoms with Crippen molar-refractivity contribution < 1.29 is 13.2 Å². The average molecular weight is 483 g/mol. The number of nitrogens with two attached hydrogens (primary N) is 1. The Morgan fingerprint density at radius 3 is 2.62 bits per heavy atom. The number of fused-ring (bicyclic) bond motifs is 1. The number of imidazole rings is 1. The number of aromatic nitrogens is 2.